The van der Waals surface area contributed by atoms with E-state index < -0.39 is 12.0 Å². The molecule has 0 aliphatic carbocycles. The first-order valence-corrected chi connectivity index (χ1v) is 8.60. The number of hydrogen-bond acceptors (Lipinski definition) is 4. The minimum atomic E-state index is -0.641. The highest BCUT2D eigenvalue weighted by molar-refractivity contribution is 5.84. The topological polar surface area (TPSA) is 61.9 Å². The maximum absolute atomic E-state index is 13.0. The summed E-state index contributed by atoms with van der Waals surface area (Å²) in [5.74, 6) is -0.690. The zero-order valence-corrected chi connectivity index (χ0v) is 15.0. The molecule has 1 fully saturated rings. The Labute approximate surface area is 147 Å². The van der Waals surface area contributed by atoms with Gasteiger partial charge in [0.15, 0.2) is 0 Å². The summed E-state index contributed by atoms with van der Waals surface area (Å²) in [5, 5.41) is 2.79. The number of carbonyl (C=O) groups excluding carboxylic acids is 2. The van der Waals surface area contributed by atoms with Crippen LogP contribution in [-0.2, 0) is 9.53 Å². The summed E-state index contributed by atoms with van der Waals surface area (Å²) in [6.45, 7) is 6.27. The van der Waals surface area contributed by atoms with Crippen molar-refractivity contribution < 1.29 is 18.7 Å². The molecular weight excluding hydrogens is 325 g/mol. The molecule has 2 atom stereocenters. The van der Waals surface area contributed by atoms with E-state index in [9.17, 15) is 14.0 Å². The van der Waals surface area contributed by atoms with E-state index in [0.29, 0.717) is 26.2 Å². The van der Waals surface area contributed by atoms with Crippen LogP contribution in [0, 0.1) is 11.7 Å². The summed E-state index contributed by atoms with van der Waals surface area (Å²) in [7, 11) is 1.32. The number of halogens is 1. The molecule has 1 aliphatic heterocycles. The van der Waals surface area contributed by atoms with Crippen LogP contribution >= 0.6 is 0 Å². The van der Waals surface area contributed by atoms with Crippen LogP contribution in [0.5, 0.6) is 0 Å². The van der Waals surface area contributed by atoms with E-state index >= 15 is 0 Å². The quantitative estimate of drug-likeness (QED) is 0.827. The number of esters is 1. The van der Waals surface area contributed by atoms with Gasteiger partial charge in [0.25, 0.3) is 0 Å². The van der Waals surface area contributed by atoms with Crippen LogP contribution in [0.3, 0.4) is 0 Å². The van der Waals surface area contributed by atoms with E-state index in [1.54, 1.807) is 17.0 Å². The van der Waals surface area contributed by atoms with Crippen LogP contribution in [0.4, 0.5) is 14.9 Å². The molecule has 138 valence electrons. The van der Waals surface area contributed by atoms with Crippen molar-refractivity contribution in [1.82, 2.24) is 10.2 Å². The molecule has 6 nitrogen and oxygen atoms in total. The number of amides is 2. The Balaban J connectivity index is 1.91. The summed E-state index contributed by atoms with van der Waals surface area (Å²) < 4.78 is 17.8. The number of carbonyl (C=O) groups is 2. The van der Waals surface area contributed by atoms with Crippen LogP contribution in [-0.4, -0.2) is 56.2 Å². The van der Waals surface area contributed by atoms with Gasteiger partial charge in [-0.05, 0) is 30.2 Å². The molecule has 0 unspecified atom stereocenters. The van der Waals surface area contributed by atoms with Crippen LogP contribution < -0.4 is 10.2 Å². The Hall–Kier alpha value is -2.31. The number of methoxy groups -OCH3 is 1. The molecule has 1 heterocycles. The van der Waals surface area contributed by atoms with Crippen LogP contribution in [0.15, 0.2) is 24.3 Å². The highest BCUT2D eigenvalue weighted by Crippen LogP contribution is 2.17. The molecule has 1 N–H and O–H groups in total. The normalized spacial score (nSPS) is 17.0. The van der Waals surface area contributed by atoms with Crippen LogP contribution in [0.1, 0.15) is 20.3 Å². The van der Waals surface area contributed by atoms with Gasteiger partial charge in [-0.15, -0.1) is 0 Å². The lowest BCUT2D eigenvalue weighted by molar-refractivity contribution is -0.144. The Bertz CT molecular complexity index is 586. The third-order valence-corrected chi connectivity index (χ3v) is 4.71. The van der Waals surface area contributed by atoms with Crippen LogP contribution in [0.25, 0.3) is 0 Å². The van der Waals surface area contributed by atoms with Crippen molar-refractivity contribution in [2.45, 2.75) is 26.3 Å². The van der Waals surface area contributed by atoms with Crippen molar-refractivity contribution in [2.75, 3.05) is 38.2 Å². The maximum atomic E-state index is 13.0. The predicted molar refractivity (Wildman–Crippen MR) is 94.0 cm³/mol. The average Bonchev–Trinajstić information content (AvgIpc) is 2.65. The molecule has 0 aromatic heterocycles. The molecule has 0 spiro atoms. The Morgan fingerprint density at radius 1 is 1.20 bits per heavy atom. The molecule has 0 bridgehead atoms. The molecule has 7 heteroatoms. The zero-order valence-electron chi connectivity index (χ0n) is 15.0. The van der Waals surface area contributed by atoms with E-state index in [4.69, 9.17) is 4.74 Å². The first kappa shape index (κ1) is 19.0. The molecule has 1 aliphatic rings. The van der Waals surface area contributed by atoms with Gasteiger partial charge in [0.05, 0.1) is 7.11 Å². The fourth-order valence-corrected chi connectivity index (χ4v) is 2.84. The van der Waals surface area contributed by atoms with Crippen molar-refractivity contribution in [3.8, 4) is 0 Å². The van der Waals surface area contributed by atoms with Crippen molar-refractivity contribution in [2.24, 2.45) is 5.92 Å². The second-order valence-electron chi connectivity index (χ2n) is 6.29. The Morgan fingerprint density at radius 2 is 1.80 bits per heavy atom. The number of benzene rings is 1. The molecule has 1 saturated heterocycles. The highest BCUT2D eigenvalue weighted by Gasteiger charge is 2.29. The van der Waals surface area contributed by atoms with Crippen LogP contribution in [0.2, 0.25) is 0 Å². The van der Waals surface area contributed by atoms with Crippen molar-refractivity contribution in [3.63, 3.8) is 0 Å². The van der Waals surface area contributed by atoms with E-state index in [2.05, 4.69) is 10.2 Å². The molecule has 25 heavy (non-hydrogen) atoms. The molecule has 1 aromatic rings. The fraction of sp³-hybridized carbons (Fsp3) is 0.556. The number of piperazine rings is 1. The minimum Gasteiger partial charge on any atom is -0.467 e. The van der Waals surface area contributed by atoms with E-state index in [1.807, 2.05) is 13.8 Å². The largest absolute Gasteiger partial charge is 0.467 e. The van der Waals surface area contributed by atoms with E-state index in [-0.39, 0.29) is 17.8 Å². The number of anilines is 1. The fourth-order valence-electron chi connectivity index (χ4n) is 2.84. The van der Waals surface area contributed by atoms with Gasteiger partial charge in [-0.2, -0.15) is 0 Å². The van der Waals surface area contributed by atoms with Crippen molar-refractivity contribution in [1.29, 1.82) is 0 Å². The molecular formula is C18H26FN3O3. The number of nitrogens with zero attached hydrogens (tertiary/aromatic N) is 2. The number of hydrogen-bond donors (Lipinski definition) is 1. The molecule has 0 saturated carbocycles. The smallest absolute Gasteiger partial charge is 0.328 e. The second-order valence-corrected chi connectivity index (χ2v) is 6.29. The summed E-state index contributed by atoms with van der Waals surface area (Å²) in [6.07, 6.45) is 0.762. The Kier molecular flexibility index (Phi) is 6.61. The summed E-state index contributed by atoms with van der Waals surface area (Å²) in [6, 6.07) is 5.44. The first-order chi connectivity index (χ1) is 12.0. The van der Waals surface area contributed by atoms with Crippen molar-refractivity contribution in [3.05, 3.63) is 30.1 Å². The SMILES string of the molecule is CC[C@H](C)[C@H](NC(=O)N1CCN(c2ccc(F)cc2)CC1)C(=O)OC. The summed E-state index contributed by atoms with van der Waals surface area (Å²) in [5.41, 5.74) is 0.938. The van der Waals surface area contributed by atoms with Crippen molar-refractivity contribution >= 4 is 17.7 Å². The maximum Gasteiger partial charge on any atom is 0.328 e. The van der Waals surface area contributed by atoms with E-state index in [0.717, 1.165) is 12.1 Å². The third kappa shape index (κ3) is 4.84. The molecule has 2 amide bonds. The predicted octanol–water partition coefficient (Wildman–Crippen LogP) is 2.25. The van der Waals surface area contributed by atoms with Gasteiger partial charge in [0.1, 0.15) is 11.9 Å². The summed E-state index contributed by atoms with van der Waals surface area (Å²) >= 11 is 0. The number of urea groups is 1. The number of rotatable bonds is 5. The van der Waals surface area contributed by atoms with Gasteiger partial charge in [-0.25, -0.2) is 14.0 Å². The summed E-state index contributed by atoms with van der Waals surface area (Å²) in [4.78, 5) is 28.2. The van der Waals surface area contributed by atoms with Gasteiger partial charge in [-0.1, -0.05) is 20.3 Å². The van der Waals surface area contributed by atoms with Gasteiger partial charge in [0, 0.05) is 31.9 Å². The Morgan fingerprint density at radius 3 is 2.32 bits per heavy atom. The molecule has 1 aromatic carbocycles. The van der Waals surface area contributed by atoms with Gasteiger partial charge < -0.3 is 19.9 Å². The lowest BCUT2D eigenvalue weighted by Gasteiger charge is -2.37. The van der Waals surface area contributed by atoms with Gasteiger partial charge in [-0.3, -0.25) is 0 Å². The monoisotopic (exact) mass is 351 g/mol. The van der Waals surface area contributed by atoms with Gasteiger partial charge in [0.2, 0.25) is 0 Å². The zero-order chi connectivity index (χ0) is 18.4. The highest BCUT2D eigenvalue weighted by atomic mass is 19.1. The minimum absolute atomic E-state index is 0.00287. The average molecular weight is 351 g/mol. The molecule has 0 radical (unpaired) electrons. The lowest BCUT2D eigenvalue weighted by atomic mass is 9.99. The van der Waals surface area contributed by atoms with Gasteiger partial charge >= 0.3 is 12.0 Å². The van der Waals surface area contributed by atoms with E-state index in [1.165, 1.54) is 19.2 Å². The third-order valence-electron chi connectivity index (χ3n) is 4.71. The molecule has 2 rings (SSSR count). The standard InChI is InChI=1S/C18H26FN3O3/c1-4-13(2)16(17(23)25-3)20-18(24)22-11-9-21(10-12-22)15-7-5-14(19)6-8-15/h5-8,13,16H,4,9-12H2,1-3H3,(H,20,24)/t13-,16-/m0/s1. The first-order valence-electron chi connectivity index (χ1n) is 8.60. The number of nitrogens with one attached hydrogen (secondary N) is 1. The second kappa shape index (κ2) is 8.69. The number of ether oxygens (including phenoxy) is 1. The lowest BCUT2D eigenvalue weighted by Crippen LogP contribution is -2.56.